The lowest BCUT2D eigenvalue weighted by Gasteiger charge is -2.17. The summed E-state index contributed by atoms with van der Waals surface area (Å²) in [6.45, 7) is 4.88. The van der Waals surface area contributed by atoms with Crippen LogP contribution in [0.5, 0.6) is 0 Å². The van der Waals surface area contributed by atoms with E-state index in [9.17, 15) is 4.39 Å². The van der Waals surface area contributed by atoms with E-state index in [-0.39, 0.29) is 11.9 Å². The molecule has 152 valence electrons. The third-order valence-electron chi connectivity index (χ3n) is 5.26. The molecule has 2 aromatic heterocycles. The highest BCUT2D eigenvalue weighted by molar-refractivity contribution is 5.63. The standard InChI is InChI=1S/C25H25FN4/c1-3-24(19-12-14-27-15-13-19)28-16-21-17-30(23-10-4-18(2)5-11-23)29-25(21)20-6-8-22(26)9-7-20/h4-15,17,24,28H,3,16H2,1-2H3/t24-/m1/s1. The van der Waals surface area contributed by atoms with E-state index in [1.165, 1.54) is 23.3 Å². The number of aromatic nitrogens is 3. The van der Waals surface area contributed by atoms with Gasteiger partial charge in [-0.05, 0) is 67.4 Å². The third kappa shape index (κ3) is 4.47. The van der Waals surface area contributed by atoms with Crippen molar-refractivity contribution in [2.45, 2.75) is 32.9 Å². The molecule has 0 saturated heterocycles. The summed E-state index contributed by atoms with van der Waals surface area (Å²) in [6.07, 6.45) is 6.65. The number of hydrogen-bond acceptors (Lipinski definition) is 3. The van der Waals surface area contributed by atoms with Crippen LogP contribution in [-0.2, 0) is 6.54 Å². The fraction of sp³-hybridized carbons (Fsp3) is 0.200. The van der Waals surface area contributed by atoms with Crippen molar-refractivity contribution in [1.29, 1.82) is 0 Å². The normalized spacial score (nSPS) is 12.1. The van der Waals surface area contributed by atoms with Gasteiger partial charge in [0.05, 0.1) is 11.4 Å². The summed E-state index contributed by atoms with van der Waals surface area (Å²) in [6, 6.07) is 19.1. The van der Waals surface area contributed by atoms with Crippen molar-refractivity contribution in [3.05, 3.63) is 102 Å². The first-order chi connectivity index (χ1) is 14.6. The van der Waals surface area contributed by atoms with Gasteiger partial charge in [0, 0.05) is 42.3 Å². The summed E-state index contributed by atoms with van der Waals surface area (Å²) in [5.41, 5.74) is 6.23. The van der Waals surface area contributed by atoms with E-state index in [1.54, 1.807) is 12.1 Å². The minimum Gasteiger partial charge on any atom is -0.306 e. The van der Waals surface area contributed by atoms with Crippen LogP contribution < -0.4 is 5.32 Å². The van der Waals surface area contributed by atoms with Crippen molar-refractivity contribution in [1.82, 2.24) is 20.1 Å². The Morgan fingerprint density at radius 3 is 2.33 bits per heavy atom. The molecule has 5 heteroatoms. The predicted octanol–water partition coefficient (Wildman–Crippen LogP) is 5.62. The van der Waals surface area contributed by atoms with E-state index >= 15 is 0 Å². The lowest BCUT2D eigenvalue weighted by atomic mass is 10.0. The van der Waals surface area contributed by atoms with Crippen LogP contribution in [0.3, 0.4) is 0 Å². The van der Waals surface area contributed by atoms with E-state index in [0.717, 1.165) is 28.9 Å². The topological polar surface area (TPSA) is 42.7 Å². The summed E-state index contributed by atoms with van der Waals surface area (Å²) in [5, 5.41) is 8.47. The van der Waals surface area contributed by atoms with Gasteiger partial charge in [-0.15, -0.1) is 0 Å². The fourth-order valence-electron chi connectivity index (χ4n) is 3.55. The van der Waals surface area contributed by atoms with Gasteiger partial charge in [-0.3, -0.25) is 4.98 Å². The first-order valence-electron chi connectivity index (χ1n) is 10.2. The van der Waals surface area contributed by atoms with E-state index in [4.69, 9.17) is 5.10 Å². The summed E-state index contributed by atoms with van der Waals surface area (Å²) >= 11 is 0. The van der Waals surface area contributed by atoms with Crippen LogP contribution >= 0.6 is 0 Å². The Morgan fingerprint density at radius 1 is 0.967 bits per heavy atom. The Morgan fingerprint density at radius 2 is 1.67 bits per heavy atom. The van der Waals surface area contributed by atoms with Crippen molar-refractivity contribution >= 4 is 0 Å². The maximum atomic E-state index is 13.5. The highest BCUT2D eigenvalue weighted by Gasteiger charge is 2.15. The second kappa shape index (κ2) is 9.01. The second-order valence-electron chi connectivity index (χ2n) is 7.41. The molecule has 0 bridgehead atoms. The summed E-state index contributed by atoms with van der Waals surface area (Å²) in [7, 11) is 0. The molecule has 0 unspecified atom stereocenters. The van der Waals surface area contributed by atoms with E-state index in [1.807, 2.05) is 29.2 Å². The lowest BCUT2D eigenvalue weighted by molar-refractivity contribution is 0.519. The molecule has 30 heavy (non-hydrogen) atoms. The Kier molecular flexibility index (Phi) is 6.00. The van der Waals surface area contributed by atoms with Crippen LogP contribution in [0.2, 0.25) is 0 Å². The molecule has 4 aromatic rings. The molecule has 1 atom stereocenters. The zero-order valence-electron chi connectivity index (χ0n) is 17.2. The number of hydrogen-bond donors (Lipinski definition) is 1. The number of halogens is 1. The lowest BCUT2D eigenvalue weighted by Crippen LogP contribution is -2.20. The highest BCUT2D eigenvalue weighted by Crippen LogP contribution is 2.25. The molecule has 2 heterocycles. The van der Waals surface area contributed by atoms with Gasteiger partial charge in [0.1, 0.15) is 5.82 Å². The molecular formula is C25H25FN4. The van der Waals surface area contributed by atoms with Crippen LogP contribution in [0.1, 0.15) is 36.1 Å². The van der Waals surface area contributed by atoms with Crippen LogP contribution in [0.4, 0.5) is 4.39 Å². The number of nitrogens with zero attached hydrogens (tertiary/aromatic N) is 3. The van der Waals surface area contributed by atoms with Crippen molar-refractivity contribution in [3.8, 4) is 16.9 Å². The number of aryl methyl sites for hydroxylation is 1. The quantitative estimate of drug-likeness (QED) is 0.438. The van der Waals surface area contributed by atoms with Crippen LogP contribution in [0.15, 0.2) is 79.3 Å². The Bertz CT molecular complexity index is 1090. The maximum absolute atomic E-state index is 13.5. The van der Waals surface area contributed by atoms with Crippen molar-refractivity contribution in [3.63, 3.8) is 0 Å². The van der Waals surface area contributed by atoms with Gasteiger partial charge in [0.2, 0.25) is 0 Å². The molecule has 0 spiro atoms. The molecule has 1 N–H and O–H groups in total. The average Bonchev–Trinajstić information content (AvgIpc) is 3.20. The molecule has 0 aliphatic heterocycles. The van der Waals surface area contributed by atoms with Crippen molar-refractivity contribution in [2.24, 2.45) is 0 Å². The van der Waals surface area contributed by atoms with Gasteiger partial charge in [-0.25, -0.2) is 9.07 Å². The first-order valence-corrected chi connectivity index (χ1v) is 10.2. The van der Waals surface area contributed by atoms with Gasteiger partial charge in [0.15, 0.2) is 0 Å². The van der Waals surface area contributed by atoms with Gasteiger partial charge >= 0.3 is 0 Å². The second-order valence-corrected chi connectivity index (χ2v) is 7.41. The van der Waals surface area contributed by atoms with E-state index < -0.39 is 0 Å². The van der Waals surface area contributed by atoms with Gasteiger partial charge < -0.3 is 5.32 Å². The molecule has 0 saturated carbocycles. The van der Waals surface area contributed by atoms with Gasteiger partial charge in [-0.1, -0.05) is 24.6 Å². The highest BCUT2D eigenvalue weighted by atomic mass is 19.1. The molecule has 0 amide bonds. The first kappa shape index (κ1) is 20.0. The third-order valence-corrected chi connectivity index (χ3v) is 5.26. The SMILES string of the molecule is CC[C@@H](NCc1cn(-c2ccc(C)cc2)nc1-c1ccc(F)cc1)c1ccncc1. The minimum absolute atomic E-state index is 0.219. The molecule has 0 radical (unpaired) electrons. The Hall–Kier alpha value is -3.31. The van der Waals surface area contributed by atoms with Crippen LogP contribution in [0, 0.1) is 12.7 Å². The molecule has 4 nitrogen and oxygen atoms in total. The summed E-state index contributed by atoms with van der Waals surface area (Å²) in [4.78, 5) is 4.11. The van der Waals surface area contributed by atoms with E-state index in [0.29, 0.717) is 6.54 Å². The largest absolute Gasteiger partial charge is 0.306 e. The number of rotatable bonds is 7. The van der Waals surface area contributed by atoms with Crippen molar-refractivity contribution < 1.29 is 4.39 Å². The van der Waals surface area contributed by atoms with Crippen molar-refractivity contribution in [2.75, 3.05) is 0 Å². The predicted molar refractivity (Wildman–Crippen MR) is 118 cm³/mol. The maximum Gasteiger partial charge on any atom is 0.123 e. The molecular weight excluding hydrogens is 375 g/mol. The molecule has 0 aliphatic carbocycles. The molecule has 0 fully saturated rings. The smallest absolute Gasteiger partial charge is 0.123 e. The monoisotopic (exact) mass is 400 g/mol. The average molecular weight is 401 g/mol. The summed E-state index contributed by atoms with van der Waals surface area (Å²) in [5.74, 6) is -0.250. The fourth-order valence-corrected chi connectivity index (χ4v) is 3.55. The van der Waals surface area contributed by atoms with E-state index in [2.05, 4.69) is 54.6 Å². The number of pyridine rings is 1. The zero-order valence-corrected chi connectivity index (χ0v) is 17.2. The Labute approximate surface area is 176 Å². The van der Waals surface area contributed by atoms with Gasteiger partial charge in [0.25, 0.3) is 0 Å². The number of nitrogens with one attached hydrogen (secondary N) is 1. The zero-order chi connectivity index (χ0) is 20.9. The molecule has 0 aliphatic rings. The summed E-state index contributed by atoms with van der Waals surface area (Å²) < 4.78 is 15.3. The number of benzene rings is 2. The molecule has 2 aromatic carbocycles. The molecule has 4 rings (SSSR count). The van der Waals surface area contributed by atoms with Gasteiger partial charge in [-0.2, -0.15) is 5.10 Å². The Balaban J connectivity index is 1.66. The van der Waals surface area contributed by atoms with Crippen LogP contribution in [0.25, 0.3) is 16.9 Å². The van der Waals surface area contributed by atoms with Crippen LogP contribution in [-0.4, -0.2) is 14.8 Å². The minimum atomic E-state index is -0.250.